The molecule has 1 heterocycles. The minimum atomic E-state index is -1.35. The zero-order chi connectivity index (χ0) is 25.2. The number of nitrogens with one attached hydrogen (secondary N) is 2. The van der Waals surface area contributed by atoms with Crippen LogP contribution >= 0.6 is 0 Å². The number of amides is 1. The van der Waals surface area contributed by atoms with Crippen molar-refractivity contribution < 1.29 is 28.2 Å². The number of fused-ring (bicyclic) bond motifs is 3. The summed E-state index contributed by atoms with van der Waals surface area (Å²) >= 11 is 0. The fraction of sp³-hybridized carbons (Fsp3) is 0.148. The third-order valence-electron chi connectivity index (χ3n) is 6.23. The molecule has 0 bridgehead atoms. The summed E-state index contributed by atoms with van der Waals surface area (Å²) in [4.78, 5) is 24.5. The molecular formula is C27H21F2N3O4. The van der Waals surface area contributed by atoms with E-state index in [1.165, 1.54) is 6.20 Å². The molecule has 1 atom stereocenters. The van der Waals surface area contributed by atoms with Crippen molar-refractivity contribution in [3.05, 3.63) is 101 Å². The van der Waals surface area contributed by atoms with Gasteiger partial charge in [0.25, 0.3) is 0 Å². The second-order valence-corrected chi connectivity index (χ2v) is 8.49. The van der Waals surface area contributed by atoms with Gasteiger partial charge in [-0.05, 0) is 34.4 Å². The van der Waals surface area contributed by atoms with Crippen molar-refractivity contribution in [2.75, 3.05) is 6.61 Å². The molecule has 0 aliphatic heterocycles. The SMILES string of the molecule is O=C(NC(Cc1cn[nH]c1-c1cc(F)cc(F)c1)C(=O)O)OCC1c2ccccc2-c2ccccc21. The Kier molecular flexibility index (Phi) is 6.20. The molecule has 1 aliphatic carbocycles. The van der Waals surface area contributed by atoms with Crippen LogP contribution in [-0.4, -0.2) is 40.0 Å². The topological polar surface area (TPSA) is 104 Å². The lowest BCUT2D eigenvalue weighted by Gasteiger charge is -2.17. The van der Waals surface area contributed by atoms with Crippen LogP contribution in [0.4, 0.5) is 13.6 Å². The summed E-state index contributed by atoms with van der Waals surface area (Å²) in [5.74, 6) is -3.02. The summed E-state index contributed by atoms with van der Waals surface area (Å²) in [6, 6.07) is 17.3. The number of alkyl carbamates (subject to hydrolysis) is 1. The highest BCUT2D eigenvalue weighted by Crippen LogP contribution is 2.44. The molecule has 1 aliphatic rings. The van der Waals surface area contributed by atoms with Crippen molar-refractivity contribution >= 4 is 12.1 Å². The lowest BCUT2D eigenvalue weighted by atomic mass is 9.98. The molecule has 36 heavy (non-hydrogen) atoms. The molecule has 3 aromatic carbocycles. The van der Waals surface area contributed by atoms with E-state index in [4.69, 9.17) is 4.74 Å². The van der Waals surface area contributed by atoms with Crippen LogP contribution in [0.3, 0.4) is 0 Å². The predicted octanol–water partition coefficient (Wildman–Crippen LogP) is 4.89. The molecule has 1 unspecified atom stereocenters. The first-order valence-corrected chi connectivity index (χ1v) is 11.2. The molecule has 0 radical (unpaired) electrons. The molecule has 1 aromatic heterocycles. The third kappa shape index (κ3) is 4.55. The molecule has 5 rings (SSSR count). The van der Waals surface area contributed by atoms with Crippen LogP contribution < -0.4 is 5.32 Å². The Balaban J connectivity index is 1.28. The van der Waals surface area contributed by atoms with E-state index in [0.717, 1.165) is 40.5 Å². The Morgan fingerprint density at radius 2 is 1.61 bits per heavy atom. The molecule has 4 aromatic rings. The van der Waals surface area contributed by atoms with Gasteiger partial charge in [-0.15, -0.1) is 0 Å². The van der Waals surface area contributed by atoms with Gasteiger partial charge in [-0.1, -0.05) is 48.5 Å². The number of H-pyrrole nitrogens is 1. The molecular weight excluding hydrogens is 468 g/mol. The molecule has 7 nitrogen and oxygen atoms in total. The quantitative estimate of drug-likeness (QED) is 0.343. The zero-order valence-corrected chi connectivity index (χ0v) is 18.9. The van der Waals surface area contributed by atoms with Gasteiger partial charge in [-0.25, -0.2) is 18.4 Å². The van der Waals surface area contributed by atoms with E-state index in [1.807, 2.05) is 48.5 Å². The largest absolute Gasteiger partial charge is 0.480 e. The summed E-state index contributed by atoms with van der Waals surface area (Å²) in [6.07, 6.45) is 0.294. The van der Waals surface area contributed by atoms with E-state index < -0.39 is 29.7 Å². The summed E-state index contributed by atoms with van der Waals surface area (Å²) in [5.41, 5.74) is 5.02. The van der Waals surface area contributed by atoms with Crippen molar-refractivity contribution in [2.24, 2.45) is 0 Å². The zero-order valence-electron chi connectivity index (χ0n) is 18.9. The first kappa shape index (κ1) is 23.2. The standard InChI is InChI=1S/C27H21F2N3O4/c28-17-9-15(10-18(29)12-17)25-16(13-30-32-25)11-24(26(33)34)31-27(35)36-14-23-21-7-3-1-5-19(21)20-6-2-4-8-22(20)23/h1-10,12-13,23-24H,11,14H2,(H,30,32)(H,31,35)(H,33,34). The number of nitrogens with zero attached hydrogens (tertiary/aromatic N) is 1. The molecule has 0 fully saturated rings. The minimum absolute atomic E-state index is 0.0335. The van der Waals surface area contributed by atoms with Gasteiger partial charge in [0.1, 0.15) is 24.3 Å². The average Bonchev–Trinajstić information content (AvgIpc) is 3.44. The van der Waals surface area contributed by atoms with Gasteiger partial charge >= 0.3 is 12.1 Å². The molecule has 9 heteroatoms. The van der Waals surface area contributed by atoms with Gasteiger partial charge in [0, 0.05) is 29.5 Å². The Labute approximate surface area is 204 Å². The van der Waals surface area contributed by atoms with Crippen molar-refractivity contribution in [3.8, 4) is 22.4 Å². The number of halogens is 2. The summed E-state index contributed by atoms with van der Waals surface area (Å²) in [7, 11) is 0. The summed E-state index contributed by atoms with van der Waals surface area (Å²) < 4.78 is 32.8. The Hall–Kier alpha value is -4.53. The fourth-order valence-electron chi connectivity index (χ4n) is 4.62. The van der Waals surface area contributed by atoms with Crippen LogP contribution in [0, 0.1) is 11.6 Å². The van der Waals surface area contributed by atoms with Crippen LogP contribution in [0.5, 0.6) is 0 Å². The highest BCUT2D eigenvalue weighted by atomic mass is 19.1. The number of carbonyl (C=O) groups excluding carboxylic acids is 1. The Bertz CT molecular complexity index is 1390. The highest BCUT2D eigenvalue weighted by Gasteiger charge is 2.30. The molecule has 0 saturated heterocycles. The normalized spacial score (nSPS) is 13.1. The average molecular weight is 489 g/mol. The Morgan fingerprint density at radius 1 is 1.00 bits per heavy atom. The number of benzene rings is 3. The number of aromatic amines is 1. The second-order valence-electron chi connectivity index (χ2n) is 8.49. The van der Waals surface area contributed by atoms with Crippen LogP contribution in [0.1, 0.15) is 22.6 Å². The van der Waals surface area contributed by atoms with Crippen molar-refractivity contribution in [1.29, 1.82) is 0 Å². The van der Waals surface area contributed by atoms with Gasteiger partial charge < -0.3 is 15.2 Å². The number of aromatic nitrogens is 2. The number of aliphatic carboxylic acids is 1. The maximum atomic E-state index is 13.7. The van der Waals surface area contributed by atoms with Crippen LogP contribution in [-0.2, 0) is 16.0 Å². The molecule has 182 valence electrons. The second kappa shape index (κ2) is 9.61. The molecule has 0 spiro atoms. The van der Waals surface area contributed by atoms with Gasteiger partial charge in [0.15, 0.2) is 0 Å². The molecule has 0 saturated carbocycles. The number of carboxylic acid groups (broad SMARTS) is 1. The number of hydrogen-bond acceptors (Lipinski definition) is 4. The van der Waals surface area contributed by atoms with Gasteiger partial charge in [0.2, 0.25) is 0 Å². The van der Waals surface area contributed by atoms with E-state index in [-0.39, 0.29) is 30.2 Å². The van der Waals surface area contributed by atoms with Crippen molar-refractivity contribution in [3.63, 3.8) is 0 Å². The van der Waals surface area contributed by atoms with E-state index in [9.17, 15) is 23.5 Å². The first-order chi connectivity index (χ1) is 17.4. The maximum absolute atomic E-state index is 13.7. The van der Waals surface area contributed by atoms with Crippen molar-refractivity contribution in [1.82, 2.24) is 15.5 Å². The van der Waals surface area contributed by atoms with E-state index in [0.29, 0.717) is 5.56 Å². The van der Waals surface area contributed by atoms with Gasteiger partial charge in [-0.3, -0.25) is 5.10 Å². The van der Waals surface area contributed by atoms with E-state index in [1.54, 1.807) is 0 Å². The molecule has 1 amide bonds. The lowest BCUT2D eigenvalue weighted by molar-refractivity contribution is -0.139. The van der Waals surface area contributed by atoms with Crippen LogP contribution in [0.15, 0.2) is 72.9 Å². The number of carboxylic acids is 1. The summed E-state index contributed by atoms with van der Waals surface area (Å²) in [6.45, 7) is 0.0335. The number of rotatable bonds is 7. The lowest BCUT2D eigenvalue weighted by Crippen LogP contribution is -2.43. The van der Waals surface area contributed by atoms with Gasteiger partial charge in [-0.2, -0.15) is 5.10 Å². The smallest absolute Gasteiger partial charge is 0.407 e. The minimum Gasteiger partial charge on any atom is -0.480 e. The fourth-order valence-corrected chi connectivity index (χ4v) is 4.62. The molecule has 3 N–H and O–H groups in total. The Morgan fingerprint density at radius 3 is 2.22 bits per heavy atom. The number of hydrogen-bond donors (Lipinski definition) is 3. The van der Waals surface area contributed by atoms with Crippen LogP contribution in [0.2, 0.25) is 0 Å². The van der Waals surface area contributed by atoms with Gasteiger partial charge in [0.05, 0.1) is 11.9 Å². The van der Waals surface area contributed by atoms with Crippen molar-refractivity contribution in [2.45, 2.75) is 18.4 Å². The monoisotopic (exact) mass is 489 g/mol. The number of carbonyl (C=O) groups is 2. The van der Waals surface area contributed by atoms with Crippen LogP contribution in [0.25, 0.3) is 22.4 Å². The highest BCUT2D eigenvalue weighted by molar-refractivity contribution is 5.81. The third-order valence-corrected chi connectivity index (χ3v) is 6.23. The predicted molar refractivity (Wildman–Crippen MR) is 127 cm³/mol. The van der Waals surface area contributed by atoms with E-state index in [2.05, 4.69) is 15.5 Å². The first-order valence-electron chi connectivity index (χ1n) is 11.2. The number of ether oxygens (including phenoxy) is 1. The maximum Gasteiger partial charge on any atom is 0.407 e. The van der Waals surface area contributed by atoms with E-state index >= 15 is 0 Å². The summed E-state index contributed by atoms with van der Waals surface area (Å²) in [5, 5.41) is 18.6.